The molecule has 0 atom stereocenters. The second-order valence-electron chi connectivity index (χ2n) is 3.96. The number of nitrogens with zero attached hydrogens (tertiary/aromatic N) is 2. The second kappa shape index (κ2) is 6.11. The number of hydrogen-bond acceptors (Lipinski definition) is 4. The molecule has 1 heterocycles. The van der Waals surface area contributed by atoms with Crippen molar-refractivity contribution in [3.05, 3.63) is 56.2 Å². The second-order valence-corrected chi connectivity index (χ2v) is 5.40. The fraction of sp³-hybridized carbons (Fsp3) is 0.333. The van der Waals surface area contributed by atoms with E-state index in [1.165, 1.54) is 11.8 Å². The van der Waals surface area contributed by atoms with Crippen LogP contribution in [0.25, 0.3) is 0 Å². The van der Waals surface area contributed by atoms with Gasteiger partial charge in [0.25, 0.3) is 0 Å². The Hall–Kier alpha value is -1.20. The van der Waals surface area contributed by atoms with Crippen molar-refractivity contribution in [1.82, 2.24) is 4.90 Å². The van der Waals surface area contributed by atoms with Gasteiger partial charge in [0.2, 0.25) is 0 Å². The molecule has 1 aliphatic heterocycles. The molecule has 0 radical (unpaired) electrons. The average molecular weight is 285 g/mol. The van der Waals surface area contributed by atoms with Crippen LogP contribution in [0.4, 0.5) is 0 Å². The lowest BCUT2D eigenvalue weighted by atomic mass is 10.2. The van der Waals surface area contributed by atoms with Crippen LogP contribution in [-0.2, 0) is 6.54 Å². The molecule has 1 saturated heterocycles. The highest BCUT2D eigenvalue weighted by molar-refractivity contribution is 8.03. The molecule has 6 heteroatoms. The van der Waals surface area contributed by atoms with Crippen LogP contribution in [0.5, 0.6) is 0 Å². The fourth-order valence-corrected chi connectivity index (χ4v) is 3.12. The Morgan fingerprint density at radius 2 is 2.17 bits per heavy atom. The van der Waals surface area contributed by atoms with Crippen LogP contribution in [-0.4, -0.2) is 22.1 Å². The lowest BCUT2D eigenvalue weighted by molar-refractivity contribution is -0.413. The summed E-state index contributed by atoms with van der Waals surface area (Å²) in [6.45, 7) is 1.47. The van der Waals surface area contributed by atoms with E-state index < -0.39 is 4.92 Å². The van der Waals surface area contributed by atoms with Gasteiger partial charge in [-0.25, -0.2) is 0 Å². The summed E-state index contributed by atoms with van der Waals surface area (Å²) in [4.78, 5) is 12.2. The van der Waals surface area contributed by atoms with E-state index in [1.807, 2.05) is 35.2 Å². The molecule has 1 aliphatic rings. The Morgan fingerprint density at radius 1 is 1.44 bits per heavy atom. The molecule has 0 spiro atoms. The zero-order valence-electron chi connectivity index (χ0n) is 9.71. The van der Waals surface area contributed by atoms with Crippen molar-refractivity contribution in [2.24, 2.45) is 0 Å². The predicted octanol–water partition coefficient (Wildman–Crippen LogP) is 3.27. The van der Waals surface area contributed by atoms with Crippen LogP contribution in [0.1, 0.15) is 12.0 Å². The highest BCUT2D eigenvalue weighted by Gasteiger charge is 2.25. The van der Waals surface area contributed by atoms with Crippen LogP contribution in [0.2, 0.25) is 0 Å². The van der Waals surface area contributed by atoms with Gasteiger partial charge in [-0.2, -0.15) is 0 Å². The van der Waals surface area contributed by atoms with Crippen molar-refractivity contribution >= 4 is 23.4 Å². The van der Waals surface area contributed by atoms with Crippen LogP contribution in [0, 0.1) is 10.1 Å². The van der Waals surface area contributed by atoms with Gasteiger partial charge < -0.3 is 4.90 Å². The molecule has 0 bridgehead atoms. The quantitative estimate of drug-likeness (QED) is 0.485. The van der Waals surface area contributed by atoms with Crippen LogP contribution >= 0.6 is 23.4 Å². The van der Waals surface area contributed by atoms with E-state index in [2.05, 4.69) is 0 Å². The first kappa shape index (κ1) is 13.2. The van der Waals surface area contributed by atoms with E-state index in [1.54, 1.807) is 0 Å². The Kier molecular flexibility index (Phi) is 4.49. The third kappa shape index (κ3) is 3.17. The van der Waals surface area contributed by atoms with Crippen LogP contribution in [0.15, 0.2) is 40.5 Å². The standard InChI is InChI=1S/C12H13ClN2O2S/c13-11(15(16)17)12-14(7-4-8-18-12)9-10-5-2-1-3-6-10/h1-3,5-6H,4,7-9H2. The third-order valence-electron chi connectivity index (χ3n) is 2.65. The summed E-state index contributed by atoms with van der Waals surface area (Å²) in [5.74, 6) is 0.880. The normalized spacial score (nSPS) is 18.6. The predicted molar refractivity (Wildman–Crippen MR) is 73.8 cm³/mol. The zero-order valence-corrected chi connectivity index (χ0v) is 11.3. The van der Waals surface area contributed by atoms with Gasteiger partial charge in [-0.3, -0.25) is 10.1 Å². The van der Waals surface area contributed by atoms with E-state index in [0.717, 1.165) is 24.3 Å². The maximum atomic E-state index is 10.8. The average Bonchev–Trinajstić information content (AvgIpc) is 2.39. The first-order valence-corrected chi connectivity index (χ1v) is 7.00. The lowest BCUT2D eigenvalue weighted by Crippen LogP contribution is -2.28. The van der Waals surface area contributed by atoms with Crippen molar-refractivity contribution in [3.8, 4) is 0 Å². The summed E-state index contributed by atoms with van der Waals surface area (Å²) >= 11 is 7.23. The summed E-state index contributed by atoms with van der Waals surface area (Å²) in [6, 6.07) is 9.90. The SMILES string of the molecule is O=[N+]([O-])C(Cl)=C1SCCCN1Cc1ccccc1. The summed E-state index contributed by atoms with van der Waals surface area (Å²) in [6.07, 6.45) is 1.02. The molecule has 1 fully saturated rings. The fourth-order valence-electron chi connectivity index (χ4n) is 1.84. The molecule has 96 valence electrons. The number of hydrogen-bond donors (Lipinski definition) is 0. The van der Waals surface area contributed by atoms with Crippen molar-refractivity contribution in [1.29, 1.82) is 0 Å². The largest absolute Gasteiger partial charge is 0.367 e. The number of nitro groups is 1. The van der Waals surface area contributed by atoms with Gasteiger partial charge in [-0.05, 0) is 23.6 Å². The monoisotopic (exact) mass is 284 g/mol. The molecule has 1 aromatic carbocycles. The Labute approximate surface area is 115 Å². The number of halogens is 1. The molecular formula is C12H13ClN2O2S. The molecule has 1 aromatic rings. The highest BCUT2D eigenvalue weighted by Crippen LogP contribution is 2.32. The molecule has 0 unspecified atom stereocenters. The summed E-state index contributed by atoms with van der Waals surface area (Å²) in [7, 11) is 0. The smallest absolute Gasteiger partial charge is 0.356 e. The third-order valence-corrected chi connectivity index (χ3v) is 4.30. The molecule has 0 saturated carbocycles. The van der Waals surface area contributed by atoms with Crippen molar-refractivity contribution in [3.63, 3.8) is 0 Å². The van der Waals surface area contributed by atoms with Gasteiger partial charge in [0.15, 0.2) is 5.03 Å². The molecular weight excluding hydrogens is 272 g/mol. The van der Waals surface area contributed by atoms with Gasteiger partial charge in [0.1, 0.15) is 0 Å². The van der Waals surface area contributed by atoms with E-state index in [4.69, 9.17) is 11.6 Å². The summed E-state index contributed by atoms with van der Waals surface area (Å²) in [5.41, 5.74) is 1.13. The topological polar surface area (TPSA) is 46.4 Å². The molecule has 0 aromatic heterocycles. The number of thioether (sulfide) groups is 1. The highest BCUT2D eigenvalue weighted by atomic mass is 35.5. The Balaban J connectivity index is 2.19. The minimum Gasteiger partial charge on any atom is -0.356 e. The van der Waals surface area contributed by atoms with E-state index in [0.29, 0.717) is 11.6 Å². The van der Waals surface area contributed by atoms with Gasteiger partial charge in [0, 0.05) is 18.8 Å². The summed E-state index contributed by atoms with van der Waals surface area (Å²) in [5, 5.41) is 11.1. The minimum absolute atomic E-state index is 0.268. The van der Waals surface area contributed by atoms with Crippen molar-refractivity contribution in [2.45, 2.75) is 13.0 Å². The molecule has 0 N–H and O–H groups in total. The van der Waals surface area contributed by atoms with Gasteiger partial charge >= 0.3 is 5.16 Å². The van der Waals surface area contributed by atoms with E-state index in [9.17, 15) is 10.1 Å². The first-order chi connectivity index (χ1) is 8.68. The Bertz CT molecular complexity index is 464. The van der Waals surface area contributed by atoms with Crippen LogP contribution in [0.3, 0.4) is 0 Å². The zero-order chi connectivity index (χ0) is 13.0. The Morgan fingerprint density at radius 3 is 2.83 bits per heavy atom. The molecule has 0 amide bonds. The van der Waals surface area contributed by atoms with Crippen molar-refractivity contribution in [2.75, 3.05) is 12.3 Å². The van der Waals surface area contributed by atoms with Gasteiger partial charge in [0.05, 0.1) is 4.92 Å². The molecule has 18 heavy (non-hydrogen) atoms. The summed E-state index contributed by atoms with van der Waals surface area (Å²) < 4.78 is 0. The number of benzene rings is 1. The van der Waals surface area contributed by atoms with E-state index >= 15 is 0 Å². The van der Waals surface area contributed by atoms with E-state index in [-0.39, 0.29) is 5.16 Å². The molecule has 4 nitrogen and oxygen atoms in total. The maximum absolute atomic E-state index is 10.8. The van der Waals surface area contributed by atoms with Crippen LogP contribution < -0.4 is 0 Å². The maximum Gasteiger partial charge on any atom is 0.367 e. The van der Waals surface area contributed by atoms with Crippen molar-refractivity contribution < 1.29 is 4.92 Å². The number of rotatable bonds is 3. The molecule has 0 aliphatic carbocycles. The first-order valence-electron chi connectivity index (χ1n) is 5.64. The lowest BCUT2D eigenvalue weighted by Gasteiger charge is -2.29. The van der Waals surface area contributed by atoms with Gasteiger partial charge in [-0.15, -0.1) is 11.8 Å². The molecule has 2 rings (SSSR count). The van der Waals surface area contributed by atoms with Gasteiger partial charge in [-0.1, -0.05) is 30.3 Å². The minimum atomic E-state index is -0.521.